The Morgan fingerprint density at radius 1 is 0.809 bits per heavy atom. The topological polar surface area (TPSA) is 156 Å². The predicted molar refractivity (Wildman–Crippen MR) is 183 cm³/mol. The minimum atomic E-state index is -4.09. The summed E-state index contributed by atoms with van der Waals surface area (Å²) in [7, 11) is -2.61. The number of carbonyl (C=O) groups is 1. The van der Waals surface area contributed by atoms with Crippen LogP contribution in [0.15, 0.2) is 132 Å². The average molecular weight is 650 g/mol. The Morgan fingerprint density at radius 3 is 2.00 bits per heavy atom. The average Bonchev–Trinajstić information content (AvgIpc) is 3.10. The maximum atomic E-state index is 14.0. The van der Waals surface area contributed by atoms with E-state index in [1.165, 1.54) is 25.3 Å². The summed E-state index contributed by atoms with van der Waals surface area (Å²) in [6.07, 6.45) is 0. The molecular formula is C36H35N5O5S. The third-order valence-electron chi connectivity index (χ3n) is 7.26. The first kappa shape index (κ1) is 32.6. The minimum Gasteiger partial charge on any atom is -0.493 e. The highest BCUT2D eigenvalue weighted by Crippen LogP contribution is 2.39. The lowest BCUT2D eigenvalue weighted by molar-refractivity contribution is -0.122. The molecule has 240 valence electrons. The molecule has 0 spiro atoms. The molecule has 1 amide bonds. The Morgan fingerprint density at radius 2 is 1.40 bits per heavy atom. The fourth-order valence-electron chi connectivity index (χ4n) is 4.80. The number of hydrogen-bond donors (Lipinski definition) is 5. The lowest BCUT2D eigenvalue weighted by Gasteiger charge is -2.25. The van der Waals surface area contributed by atoms with Gasteiger partial charge in [0.15, 0.2) is 11.5 Å². The smallest absolute Gasteiger partial charge is 0.261 e. The van der Waals surface area contributed by atoms with E-state index < -0.39 is 22.0 Å². The van der Waals surface area contributed by atoms with E-state index in [1.807, 2.05) is 60.7 Å². The zero-order chi connectivity index (χ0) is 33.2. The van der Waals surface area contributed by atoms with Crippen molar-refractivity contribution in [3.63, 3.8) is 0 Å². The molecule has 5 aromatic carbocycles. The van der Waals surface area contributed by atoms with Crippen LogP contribution in [0.25, 0.3) is 0 Å². The number of sulfonamides is 1. The molecule has 1 unspecified atom stereocenters. The molecule has 0 aliphatic heterocycles. The van der Waals surface area contributed by atoms with Gasteiger partial charge in [0, 0.05) is 29.4 Å². The van der Waals surface area contributed by atoms with Crippen molar-refractivity contribution in [2.75, 3.05) is 17.1 Å². The van der Waals surface area contributed by atoms with Crippen LogP contribution in [-0.2, 0) is 28.0 Å². The van der Waals surface area contributed by atoms with Gasteiger partial charge in [0.05, 0.1) is 17.7 Å². The van der Waals surface area contributed by atoms with Crippen LogP contribution in [-0.4, -0.2) is 27.3 Å². The molecule has 47 heavy (non-hydrogen) atoms. The molecule has 1 atom stereocenters. The number of anilines is 2. The minimum absolute atomic E-state index is 0.0476. The van der Waals surface area contributed by atoms with Gasteiger partial charge < -0.3 is 25.8 Å². The van der Waals surface area contributed by atoms with E-state index in [2.05, 4.69) is 15.4 Å². The van der Waals surface area contributed by atoms with Gasteiger partial charge in [0.1, 0.15) is 18.5 Å². The standard InChI is InChI=1S/C36H35N5O5S/c1-45-32-21-30(34(36(42)39-23-25-11-5-2-6-12-25)40-28-19-17-27(18-20-28)35(37)38)31(41-47(43,44)29-15-9-4-10-16-29)22-33(32)46-24-26-13-7-3-8-14-26/h2-22,34,40-41H,23-24H2,1H3,(H3,37,38)(H,39,42). The van der Waals surface area contributed by atoms with Crippen LogP contribution in [0.2, 0.25) is 0 Å². The zero-order valence-corrected chi connectivity index (χ0v) is 26.5. The van der Waals surface area contributed by atoms with Gasteiger partial charge in [-0.15, -0.1) is 0 Å². The Kier molecular flexibility index (Phi) is 10.4. The Balaban J connectivity index is 1.58. The van der Waals surface area contributed by atoms with Crippen molar-refractivity contribution >= 4 is 33.1 Å². The first-order chi connectivity index (χ1) is 22.7. The Bertz CT molecular complexity index is 1920. The first-order valence-corrected chi connectivity index (χ1v) is 16.2. The number of nitrogens with two attached hydrogens (primary N) is 1. The molecule has 5 aromatic rings. The van der Waals surface area contributed by atoms with E-state index in [9.17, 15) is 13.2 Å². The van der Waals surface area contributed by atoms with E-state index in [4.69, 9.17) is 20.6 Å². The summed E-state index contributed by atoms with van der Waals surface area (Å²) in [5.41, 5.74) is 8.88. The van der Waals surface area contributed by atoms with Crippen LogP contribution < -0.4 is 30.6 Å². The molecule has 0 saturated carbocycles. The lowest BCUT2D eigenvalue weighted by atomic mass is 10.0. The molecule has 0 radical (unpaired) electrons. The predicted octanol–water partition coefficient (Wildman–Crippen LogP) is 5.83. The largest absolute Gasteiger partial charge is 0.493 e. The van der Waals surface area contributed by atoms with Gasteiger partial charge >= 0.3 is 0 Å². The number of nitrogen functional groups attached to an aromatic ring is 1. The molecule has 0 saturated heterocycles. The second kappa shape index (κ2) is 15.0. The quantitative estimate of drug-likeness (QED) is 0.0749. The summed E-state index contributed by atoms with van der Waals surface area (Å²) in [6.45, 7) is 0.435. The molecular weight excluding hydrogens is 614 g/mol. The summed E-state index contributed by atoms with van der Waals surface area (Å²) in [6, 6.07) is 35.6. The highest BCUT2D eigenvalue weighted by atomic mass is 32.2. The van der Waals surface area contributed by atoms with Crippen LogP contribution in [0.3, 0.4) is 0 Å². The molecule has 0 aliphatic carbocycles. The number of methoxy groups -OCH3 is 1. The fraction of sp³-hybridized carbons (Fsp3) is 0.111. The summed E-state index contributed by atoms with van der Waals surface area (Å²) in [5, 5.41) is 13.9. The maximum Gasteiger partial charge on any atom is 0.261 e. The van der Waals surface area contributed by atoms with Gasteiger partial charge in [-0.3, -0.25) is 14.9 Å². The number of ether oxygens (including phenoxy) is 2. The summed E-state index contributed by atoms with van der Waals surface area (Å²) in [5.74, 6) is 0.0556. The van der Waals surface area contributed by atoms with Crippen LogP contribution in [0.1, 0.15) is 28.3 Å². The third kappa shape index (κ3) is 8.47. The van der Waals surface area contributed by atoms with Crippen molar-refractivity contribution in [3.05, 3.63) is 150 Å². The van der Waals surface area contributed by atoms with Gasteiger partial charge in [0.25, 0.3) is 10.0 Å². The third-order valence-corrected chi connectivity index (χ3v) is 8.64. The van der Waals surface area contributed by atoms with E-state index in [0.29, 0.717) is 17.0 Å². The molecule has 6 N–H and O–H groups in total. The number of amidine groups is 1. The molecule has 0 aromatic heterocycles. The highest BCUT2D eigenvalue weighted by Gasteiger charge is 2.28. The van der Waals surface area contributed by atoms with Crippen LogP contribution in [0.5, 0.6) is 11.5 Å². The highest BCUT2D eigenvalue weighted by molar-refractivity contribution is 7.92. The van der Waals surface area contributed by atoms with E-state index >= 15 is 0 Å². The van der Waals surface area contributed by atoms with Gasteiger partial charge in [-0.2, -0.15) is 0 Å². The van der Waals surface area contributed by atoms with Gasteiger partial charge in [-0.05, 0) is 53.6 Å². The Labute approximate surface area is 274 Å². The van der Waals surface area contributed by atoms with Gasteiger partial charge in [0.2, 0.25) is 5.91 Å². The van der Waals surface area contributed by atoms with E-state index in [0.717, 1.165) is 11.1 Å². The maximum absolute atomic E-state index is 14.0. The molecule has 5 rings (SSSR count). The number of nitrogens with one attached hydrogen (secondary N) is 4. The number of rotatable bonds is 14. The van der Waals surface area contributed by atoms with Crippen molar-refractivity contribution in [1.82, 2.24) is 5.32 Å². The molecule has 0 fully saturated rings. The van der Waals surface area contributed by atoms with Crippen LogP contribution in [0.4, 0.5) is 11.4 Å². The monoisotopic (exact) mass is 649 g/mol. The van der Waals surface area contributed by atoms with Crippen LogP contribution >= 0.6 is 0 Å². The number of hydrogen-bond acceptors (Lipinski definition) is 7. The fourth-order valence-corrected chi connectivity index (χ4v) is 5.90. The zero-order valence-electron chi connectivity index (χ0n) is 25.6. The summed E-state index contributed by atoms with van der Waals surface area (Å²) in [4.78, 5) is 14.1. The van der Waals surface area contributed by atoms with Crippen molar-refractivity contribution < 1.29 is 22.7 Å². The van der Waals surface area contributed by atoms with Crippen LogP contribution in [0, 0.1) is 5.41 Å². The molecule has 11 heteroatoms. The van der Waals surface area contributed by atoms with E-state index in [1.54, 1.807) is 48.5 Å². The summed E-state index contributed by atoms with van der Waals surface area (Å²) >= 11 is 0. The molecule has 0 heterocycles. The van der Waals surface area contributed by atoms with Gasteiger partial charge in [-0.25, -0.2) is 8.42 Å². The second-order valence-corrected chi connectivity index (χ2v) is 12.2. The molecule has 10 nitrogen and oxygen atoms in total. The van der Waals surface area contributed by atoms with Gasteiger partial charge in [-0.1, -0.05) is 78.9 Å². The van der Waals surface area contributed by atoms with Crippen molar-refractivity contribution in [2.45, 2.75) is 24.1 Å². The SMILES string of the molecule is COc1cc(C(Nc2ccc(C(=N)N)cc2)C(=O)NCc2ccccc2)c(NS(=O)(=O)c2ccccc2)cc1OCc1ccccc1. The van der Waals surface area contributed by atoms with Crippen molar-refractivity contribution in [1.29, 1.82) is 5.41 Å². The normalized spacial score (nSPS) is 11.6. The second-order valence-electron chi connectivity index (χ2n) is 10.6. The van der Waals surface area contributed by atoms with E-state index in [-0.39, 0.29) is 40.9 Å². The van der Waals surface area contributed by atoms with Crippen molar-refractivity contribution in [3.8, 4) is 11.5 Å². The number of benzene rings is 5. The molecule has 0 bridgehead atoms. The summed E-state index contributed by atoms with van der Waals surface area (Å²) < 4.78 is 41.7. The first-order valence-electron chi connectivity index (χ1n) is 14.7. The lowest BCUT2D eigenvalue weighted by Crippen LogP contribution is -2.34. The Hall–Kier alpha value is -5.81. The number of amides is 1. The van der Waals surface area contributed by atoms with Crippen molar-refractivity contribution in [2.24, 2.45) is 5.73 Å². The number of carbonyl (C=O) groups excluding carboxylic acids is 1. The molecule has 0 aliphatic rings.